The lowest BCUT2D eigenvalue weighted by Crippen LogP contribution is -2.49. The summed E-state index contributed by atoms with van der Waals surface area (Å²) < 4.78 is 13.1. The van der Waals surface area contributed by atoms with Gasteiger partial charge in [-0.15, -0.1) is 0 Å². The average molecular weight is 419 g/mol. The van der Waals surface area contributed by atoms with Crippen molar-refractivity contribution in [2.75, 3.05) is 26.8 Å². The largest absolute Gasteiger partial charge is 0.497 e. The van der Waals surface area contributed by atoms with Gasteiger partial charge in [0.05, 0.1) is 19.3 Å². The first-order chi connectivity index (χ1) is 15.0. The molecule has 5 rings (SSSR count). The zero-order chi connectivity index (χ0) is 21.6. The molecule has 0 unspecified atom stereocenters. The van der Waals surface area contributed by atoms with Gasteiger partial charge in [-0.1, -0.05) is 12.1 Å². The number of carbonyl (C=O) groups excluding carboxylic acids is 1. The van der Waals surface area contributed by atoms with Crippen molar-refractivity contribution in [1.82, 2.24) is 14.3 Å². The molecular formula is C24H25N3O4. The van der Waals surface area contributed by atoms with Crippen LogP contribution in [0.3, 0.4) is 0 Å². The Bertz CT molecular complexity index is 1230. The molecule has 0 bridgehead atoms. The van der Waals surface area contributed by atoms with Crippen molar-refractivity contribution in [3.05, 3.63) is 75.3 Å². The number of fused-ring (bicyclic) bond motifs is 3. The highest BCUT2D eigenvalue weighted by atomic mass is 16.5. The van der Waals surface area contributed by atoms with Crippen molar-refractivity contribution < 1.29 is 14.3 Å². The molecule has 0 radical (unpaired) electrons. The molecule has 1 aromatic carbocycles. The maximum atomic E-state index is 13.2. The van der Waals surface area contributed by atoms with Gasteiger partial charge in [-0.25, -0.2) is 4.98 Å². The van der Waals surface area contributed by atoms with E-state index < -0.39 is 0 Å². The average Bonchev–Trinajstić information content (AvgIpc) is 2.79. The summed E-state index contributed by atoms with van der Waals surface area (Å²) in [6, 6.07) is 11.6. The number of likely N-dealkylation sites (tertiary alicyclic amines) is 1. The number of nitrogens with zero attached hydrogens (tertiary/aromatic N) is 3. The number of rotatable bonds is 2. The molecule has 0 N–H and O–H groups in total. The molecule has 1 fully saturated rings. The fourth-order valence-electron chi connectivity index (χ4n) is 4.86. The summed E-state index contributed by atoms with van der Waals surface area (Å²) in [6.45, 7) is 3.55. The van der Waals surface area contributed by atoms with Gasteiger partial charge in [-0.3, -0.25) is 14.0 Å². The topological polar surface area (TPSA) is 73.1 Å². The van der Waals surface area contributed by atoms with Gasteiger partial charge in [-0.05, 0) is 61.6 Å². The smallest absolute Gasteiger partial charge is 0.270 e. The molecule has 2 aliphatic rings. The van der Waals surface area contributed by atoms with Gasteiger partial charge in [0.1, 0.15) is 17.0 Å². The van der Waals surface area contributed by atoms with Gasteiger partial charge < -0.3 is 14.4 Å². The SMILES string of the molecule is COc1ccc2c(c1)CCOC21CCN(C(=O)c2cnc3cccc(C)n3c2=O)CC1. The number of methoxy groups -OCH3 is 1. The van der Waals surface area contributed by atoms with Crippen LogP contribution in [0.4, 0.5) is 0 Å². The Kier molecular flexibility index (Phi) is 4.78. The van der Waals surface area contributed by atoms with E-state index in [-0.39, 0.29) is 22.6 Å². The summed E-state index contributed by atoms with van der Waals surface area (Å²) in [5.41, 5.74) is 3.14. The molecule has 1 spiro atoms. The number of aryl methyl sites for hydroxylation is 1. The van der Waals surface area contributed by atoms with E-state index in [4.69, 9.17) is 9.47 Å². The number of ether oxygens (including phenoxy) is 2. The van der Waals surface area contributed by atoms with Gasteiger partial charge in [0.2, 0.25) is 0 Å². The second kappa shape index (κ2) is 7.50. The van der Waals surface area contributed by atoms with Gasteiger partial charge in [0.15, 0.2) is 0 Å². The fourth-order valence-corrected chi connectivity index (χ4v) is 4.86. The lowest BCUT2D eigenvalue weighted by Gasteiger charge is -2.45. The van der Waals surface area contributed by atoms with Crippen LogP contribution in [0.15, 0.2) is 47.4 Å². The number of aromatic nitrogens is 2. The van der Waals surface area contributed by atoms with E-state index in [1.807, 2.05) is 25.1 Å². The minimum absolute atomic E-state index is 0.109. The maximum Gasteiger partial charge on any atom is 0.270 e. The third kappa shape index (κ3) is 3.20. The lowest BCUT2D eigenvalue weighted by molar-refractivity contribution is -0.0935. The third-order valence-corrected chi connectivity index (χ3v) is 6.57. The van der Waals surface area contributed by atoms with E-state index in [0.717, 1.165) is 17.9 Å². The molecule has 2 aromatic heterocycles. The summed E-state index contributed by atoms with van der Waals surface area (Å²) >= 11 is 0. The Morgan fingerprint density at radius 3 is 2.77 bits per heavy atom. The molecule has 7 nitrogen and oxygen atoms in total. The zero-order valence-corrected chi connectivity index (χ0v) is 17.8. The number of carbonyl (C=O) groups is 1. The van der Waals surface area contributed by atoms with E-state index in [2.05, 4.69) is 17.1 Å². The predicted octanol–water partition coefficient (Wildman–Crippen LogP) is 2.72. The first kappa shape index (κ1) is 19.8. The van der Waals surface area contributed by atoms with Gasteiger partial charge in [0, 0.05) is 25.0 Å². The highest BCUT2D eigenvalue weighted by molar-refractivity contribution is 5.93. The van der Waals surface area contributed by atoms with Crippen molar-refractivity contribution >= 4 is 11.6 Å². The third-order valence-electron chi connectivity index (χ3n) is 6.57. The van der Waals surface area contributed by atoms with Gasteiger partial charge in [0.25, 0.3) is 11.5 Å². The van der Waals surface area contributed by atoms with Crippen LogP contribution in [0.25, 0.3) is 5.65 Å². The lowest BCUT2D eigenvalue weighted by atomic mass is 9.79. The van der Waals surface area contributed by atoms with Crippen molar-refractivity contribution in [1.29, 1.82) is 0 Å². The van der Waals surface area contributed by atoms with Crippen molar-refractivity contribution in [3.8, 4) is 5.75 Å². The monoisotopic (exact) mass is 419 g/mol. The summed E-state index contributed by atoms with van der Waals surface area (Å²) in [5.74, 6) is 0.582. The van der Waals surface area contributed by atoms with Crippen LogP contribution in [0.1, 0.15) is 40.0 Å². The standard InChI is InChI=1S/C24H25N3O4/c1-16-4-3-5-21-25-15-19(23(29)27(16)21)22(28)26-11-9-24(10-12-26)20-7-6-18(30-2)14-17(20)8-13-31-24/h3-7,14-15H,8-13H2,1-2H3. The number of hydrogen-bond donors (Lipinski definition) is 0. The minimum atomic E-state index is -0.385. The normalized spacial score (nSPS) is 17.5. The van der Waals surface area contributed by atoms with Crippen molar-refractivity contribution in [2.45, 2.75) is 31.8 Å². The molecule has 2 aliphatic heterocycles. The molecule has 160 valence electrons. The zero-order valence-electron chi connectivity index (χ0n) is 17.8. The second-order valence-corrected chi connectivity index (χ2v) is 8.25. The second-order valence-electron chi connectivity index (χ2n) is 8.25. The highest BCUT2D eigenvalue weighted by Gasteiger charge is 2.42. The van der Waals surface area contributed by atoms with Crippen molar-refractivity contribution in [2.24, 2.45) is 0 Å². The van der Waals surface area contributed by atoms with Crippen molar-refractivity contribution in [3.63, 3.8) is 0 Å². The Morgan fingerprint density at radius 2 is 2.00 bits per heavy atom. The molecular weight excluding hydrogens is 394 g/mol. The van der Waals surface area contributed by atoms with Crippen LogP contribution in [0.2, 0.25) is 0 Å². The summed E-state index contributed by atoms with van der Waals surface area (Å²) in [6.07, 6.45) is 3.65. The van der Waals surface area contributed by atoms with Crippen LogP contribution in [0.5, 0.6) is 5.75 Å². The van der Waals surface area contributed by atoms with E-state index >= 15 is 0 Å². The number of pyridine rings is 1. The molecule has 0 saturated carbocycles. The van der Waals surface area contributed by atoms with Crippen LogP contribution >= 0.6 is 0 Å². The molecule has 3 aromatic rings. The van der Waals surface area contributed by atoms with Gasteiger partial charge in [-0.2, -0.15) is 0 Å². The Morgan fingerprint density at radius 1 is 1.19 bits per heavy atom. The molecule has 31 heavy (non-hydrogen) atoms. The van der Waals surface area contributed by atoms with E-state index in [1.54, 1.807) is 18.1 Å². The van der Waals surface area contributed by atoms with Crippen LogP contribution in [0, 0.1) is 6.92 Å². The first-order valence-electron chi connectivity index (χ1n) is 10.6. The first-order valence-corrected chi connectivity index (χ1v) is 10.6. The number of hydrogen-bond acceptors (Lipinski definition) is 5. The minimum Gasteiger partial charge on any atom is -0.497 e. The molecule has 1 amide bonds. The fraction of sp³-hybridized carbons (Fsp3) is 0.375. The van der Waals surface area contributed by atoms with E-state index in [0.29, 0.717) is 38.2 Å². The Labute approximate surface area is 180 Å². The highest BCUT2D eigenvalue weighted by Crippen LogP contribution is 2.42. The Hall–Kier alpha value is -3.19. The number of benzene rings is 1. The van der Waals surface area contributed by atoms with Gasteiger partial charge >= 0.3 is 0 Å². The number of piperidine rings is 1. The molecule has 7 heteroatoms. The van der Waals surface area contributed by atoms with E-state index in [9.17, 15) is 9.59 Å². The van der Waals surface area contributed by atoms with Crippen LogP contribution < -0.4 is 10.3 Å². The molecule has 0 atom stereocenters. The maximum absolute atomic E-state index is 13.2. The summed E-state index contributed by atoms with van der Waals surface area (Å²) in [4.78, 5) is 32.3. The van der Waals surface area contributed by atoms with Crippen LogP contribution in [-0.2, 0) is 16.8 Å². The Balaban J connectivity index is 1.40. The number of amides is 1. The summed E-state index contributed by atoms with van der Waals surface area (Å²) in [5, 5.41) is 0. The molecule has 0 aliphatic carbocycles. The quantitative estimate of drug-likeness (QED) is 0.639. The van der Waals surface area contributed by atoms with Crippen LogP contribution in [-0.4, -0.2) is 47.0 Å². The predicted molar refractivity (Wildman–Crippen MR) is 116 cm³/mol. The summed E-state index contributed by atoms with van der Waals surface area (Å²) in [7, 11) is 1.67. The van der Waals surface area contributed by atoms with E-state index in [1.165, 1.54) is 21.7 Å². The molecule has 4 heterocycles. The molecule has 1 saturated heterocycles.